The summed E-state index contributed by atoms with van der Waals surface area (Å²) < 4.78 is 0. The van der Waals surface area contributed by atoms with Crippen molar-refractivity contribution in [3.8, 4) is 0 Å². The van der Waals surface area contributed by atoms with Crippen LogP contribution in [-0.2, 0) is 9.59 Å². The fraction of sp³-hybridized carbons (Fsp3) is 0.727. The van der Waals surface area contributed by atoms with Crippen LogP contribution in [0.15, 0.2) is 0 Å². The molecule has 0 bridgehead atoms. The van der Waals surface area contributed by atoms with Crippen LogP contribution in [0.3, 0.4) is 0 Å². The summed E-state index contributed by atoms with van der Waals surface area (Å²) in [5, 5.41) is 2.23. The second-order valence-electron chi connectivity index (χ2n) is 4.96. The van der Waals surface area contributed by atoms with Gasteiger partial charge in [0.25, 0.3) is 0 Å². The van der Waals surface area contributed by atoms with Crippen LogP contribution in [0.2, 0.25) is 0 Å². The molecule has 0 aromatic rings. The molecule has 0 atom stereocenters. The fourth-order valence-electron chi connectivity index (χ4n) is 2.54. The van der Waals surface area contributed by atoms with Crippen molar-refractivity contribution in [2.24, 2.45) is 11.8 Å². The third kappa shape index (κ3) is 1.60. The fourth-order valence-corrected chi connectivity index (χ4v) is 2.54. The molecule has 0 spiro atoms. The second-order valence-corrected chi connectivity index (χ2v) is 4.96. The highest BCUT2D eigenvalue weighted by atomic mass is 16.2. The Morgan fingerprint density at radius 2 is 1.62 bits per heavy atom. The van der Waals surface area contributed by atoms with Gasteiger partial charge in [0.15, 0.2) is 0 Å². The summed E-state index contributed by atoms with van der Waals surface area (Å²) in [5.41, 5.74) is 0. The Labute approximate surface area is 93.2 Å². The summed E-state index contributed by atoms with van der Waals surface area (Å²) in [4.78, 5) is 35.8. The SMILES string of the molecule is O=C1CC(=O)N(C(C2CC2)C2CC2)C(=O)N1. The first-order valence-corrected chi connectivity index (χ1v) is 5.82. The molecule has 1 N–H and O–H groups in total. The Morgan fingerprint density at radius 3 is 2.06 bits per heavy atom. The molecule has 1 aliphatic heterocycles. The van der Waals surface area contributed by atoms with E-state index >= 15 is 0 Å². The van der Waals surface area contributed by atoms with Crippen LogP contribution in [0.1, 0.15) is 32.1 Å². The van der Waals surface area contributed by atoms with Crippen molar-refractivity contribution in [1.82, 2.24) is 10.2 Å². The topological polar surface area (TPSA) is 66.5 Å². The molecule has 0 aromatic heterocycles. The lowest BCUT2D eigenvalue weighted by atomic mass is 10.0. The van der Waals surface area contributed by atoms with Crippen molar-refractivity contribution in [3.63, 3.8) is 0 Å². The van der Waals surface area contributed by atoms with E-state index in [1.165, 1.54) is 4.90 Å². The lowest BCUT2D eigenvalue weighted by molar-refractivity contribution is -0.138. The van der Waals surface area contributed by atoms with E-state index in [4.69, 9.17) is 0 Å². The highest BCUT2D eigenvalue weighted by molar-refractivity contribution is 6.14. The number of rotatable bonds is 3. The Balaban J connectivity index is 1.82. The molecule has 3 rings (SSSR count). The zero-order valence-corrected chi connectivity index (χ0v) is 8.94. The van der Waals surface area contributed by atoms with E-state index in [1.807, 2.05) is 0 Å². The number of imide groups is 2. The minimum atomic E-state index is -0.509. The monoisotopic (exact) mass is 222 g/mol. The predicted octanol–water partition coefficient (Wildman–Crippen LogP) is 0.643. The molecule has 0 aromatic carbocycles. The van der Waals surface area contributed by atoms with E-state index in [-0.39, 0.29) is 18.4 Å². The van der Waals surface area contributed by atoms with Crippen LogP contribution in [0, 0.1) is 11.8 Å². The van der Waals surface area contributed by atoms with Crippen LogP contribution in [-0.4, -0.2) is 28.8 Å². The van der Waals surface area contributed by atoms with Crippen LogP contribution >= 0.6 is 0 Å². The lowest BCUT2D eigenvalue weighted by Gasteiger charge is -2.32. The summed E-state index contributed by atoms with van der Waals surface area (Å²) in [6.07, 6.45) is 4.23. The zero-order chi connectivity index (χ0) is 11.3. The highest BCUT2D eigenvalue weighted by Gasteiger charge is 2.49. The largest absolute Gasteiger partial charge is 0.331 e. The van der Waals surface area contributed by atoms with Gasteiger partial charge in [0.05, 0.1) is 0 Å². The smallest absolute Gasteiger partial charge is 0.277 e. The molecule has 4 amide bonds. The summed E-state index contributed by atoms with van der Waals surface area (Å²) in [6.45, 7) is 0. The molecular weight excluding hydrogens is 208 g/mol. The number of barbiturate groups is 1. The van der Waals surface area contributed by atoms with Gasteiger partial charge in [-0.05, 0) is 37.5 Å². The van der Waals surface area contributed by atoms with E-state index < -0.39 is 11.9 Å². The Hall–Kier alpha value is -1.39. The third-order valence-corrected chi connectivity index (χ3v) is 3.55. The first-order valence-electron chi connectivity index (χ1n) is 5.82. The van der Waals surface area contributed by atoms with Gasteiger partial charge in [0.2, 0.25) is 11.8 Å². The van der Waals surface area contributed by atoms with Crippen LogP contribution < -0.4 is 5.32 Å². The van der Waals surface area contributed by atoms with E-state index in [1.54, 1.807) is 0 Å². The van der Waals surface area contributed by atoms with Gasteiger partial charge in [-0.2, -0.15) is 0 Å². The minimum absolute atomic E-state index is 0.0561. The molecular formula is C11H14N2O3. The van der Waals surface area contributed by atoms with Gasteiger partial charge < -0.3 is 0 Å². The lowest BCUT2D eigenvalue weighted by Crippen LogP contribution is -2.57. The molecule has 0 radical (unpaired) electrons. The van der Waals surface area contributed by atoms with Gasteiger partial charge in [-0.25, -0.2) is 4.79 Å². The van der Waals surface area contributed by atoms with E-state index in [2.05, 4.69) is 5.32 Å². The van der Waals surface area contributed by atoms with Gasteiger partial charge in [0, 0.05) is 6.04 Å². The van der Waals surface area contributed by atoms with Gasteiger partial charge >= 0.3 is 6.03 Å². The molecule has 0 unspecified atom stereocenters. The van der Waals surface area contributed by atoms with Gasteiger partial charge in [-0.1, -0.05) is 0 Å². The maximum atomic E-state index is 11.8. The molecule has 5 nitrogen and oxygen atoms in total. The third-order valence-electron chi connectivity index (χ3n) is 3.55. The molecule has 3 aliphatic rings. The predicted molar refractivity (Wildman–Crippen MR) is 54.2 cm³/mol. The molecule has 3 fully saturated rings. The standard InChI is InChI=1S/C11H14N2O3/c14-8-5-9(15)13(11(16)12-8)10(6-1-2-6)7-3-4-7/h6-7,10H,1-5H2,(H,12,14,16). The normalized spacial score (nSPS) is 26.3. The van der Waals surface area contributed by atoms with Crippen molar-refractivity contribution in [2.45, 2.75) is 38.1 Å². The second kappa shape index (κ2) is 3.30. The summed E-state index contributed by atoms with van der Waals surface area (Å²) in [6, 6.07) is -0.453. The molecule has 2 aliphatic carbocycles. The van der Waals surface area contributed by atoms with Crippen LogP contribution in [0.25, 0.3) is 0 Å². The summed E-state index contributed by atoms with van der Waals surface area (Å²) in [5.74, 6) is 0.167. The van der Waals surface area contributed by atoms with Crippen molar-refractivity contribution >= 4 is 17.8 Å². The van der Waals surface area contributed by atoms with Gasteiger partial charge in [-0.15, -0.1) is 0 Å². The van der Waals surface area contributed by atoms with Crippen molar-refractivity contribution in [1.29, 1.82) is 0 Å². The number of carbonyl (C=O) groups is 3. The molecule has 86 valence electrons. The first kappa shape index (κ1) is 9.81. The molecule has 1 heterocycles. The highest BCUT2D eigenvalue weighted by Crippen LogP contribution is 2.47. The van der Waals surface area contributed by atoms with Gasteiger partial charge in [0.1, 0.15) is 6.42 Å². The molecule has 1 saturated heterocycles. The van der Waals surface area contributed by atoms with Crippen molar-refractivity contribution in [2.75, 3.05) is 0 Å². The number of urea groups is 1. The zero-order valence-electron chi connectivity index (χ0n) is 8.94. The van der Waals surface area contributed by atoms with Crippen LogP contribution in [0.4, 0.5) is 4.79 Å². The number of hydrogen-bond donors (Lipinski definition) is 1. The summed E-state index contributed by atoms with van der Waals surface area (Å²) >= 11 is 0. The van der Waals surface area contributed by atoms with Crippen molar-refractivity contribution in [3.05, 3.63) is 0 Å². The van der Waals surface area contributed by atoms with E-state index in [0.29, 0.717) is 11.8 Å². The quantitative estimate of drug-likeness (QED) is 0.713. The molecule has 5 heteroatoms. The number of nitrogens with one attached hydrogen (secondary N) is 1. The number of amides is 4. The maximum Gasteiger partial charge on any atom is 0.331 e. The van der Waals surface area contributed by atoms with E-state index in [9.17, 15) is 14.4 Å². The van der Waals surface area contributed by atoms with Gasteiger partial charge in [-0.3, -0.25) is 19.8 Å². The summed E-state index contributed by atoms with van der Waals surface area (Å²) in [7, 11) is 0. The maximum absolute atomic E-state index is 11.8. The molecule has 16 heavy (non-hydrogen) atoms. The Kier molecular flexibility index (Phi) is 2.02. The number of hydrogen-bond acceptors (Lipinski definition) is 3. The first-order chi connectivity index (χ1) is 7.66. The Bertz CT molecular complexity index is 339. The molecule has 2 saturated carbocycles. The van der Waals surface area contributed by atoms with Crippen LogP contribution in [0.5, 0.6) is 0 Å². The van der Waals surface area contributed by atoms with Crippen molar-refractivity contribution < 1.29 is 14.4 Å². The van der Waals surface area contributed by atoms with E-state index in [0.717, 1.165) is 25.7 Å². The average molecular weight is 222 g/mol. The minimum Gasteiger partial charge on any atom is -0.277 e. The Morgan fingerprint density at radius 1 is 1.06 bits per heavy atom. The average Bonchev–Trinajstić information content (AvgIpc) is 3.04. The number of nitrogens with zero attached hydrogens (tertiary/aromatic N) is 1. The number of carbonyl (C=O) groups excluding carboxylic acids is 3.